The molecule has 0 spiro atoms. The van der Waals surface area contributed by atoms with Crippen LogP contribution in [0.5, 0.6) is 0 Å². The van der Waals surface area contributed by atoms with Gasteiger partial charge < -0.3 is 19.9 Å². The lowest BCUT2D eigenvalue weighted by atomic mass is 9.80. The number of amides is 2. The molecule has 0 aliphatic carbocycles. The van der Waals surface area contributed by atoms with E-state index in [0.29, 0.717) is 24.8 Å². The molecule has 2 amide bonds. The summed E-state index contributed by atoms with van der Waals surface area (Å²) in [6.07, 6.45) is -1.35. The summed E-state index contributed by atoms with van der Waals surface area (Å²) in [5, 5.41) is 2.79. The molecule has 0 radical (unpaired) electrons. The second-order valence-corrected chi connectivity index (χ2v) is 11.3. The van der Waals surface area contributed by atoms with Crippen LogP contribution in [-0.2, 0) is 22.9 Å². The molecule has 3 aliphatic heterocycles. The number of fused-ring (bicyclic) bond motifs is 1. The van der Waals surface area contributed by atoms with Gasteiger partial charge in [-0.3, -0.25) is 4.90 Å². The first-order chi connectivity index (χ1) is 18.1. The average molecular weight is 531 g/mol. The normalized spacial score (nSPS) is 21.1. The number of halogens is 3. The number of rotatable bonds is 3. The van der Waals surface area contributed by atoms with Crippen molar-refractivity contribution in [2.24, 2.45) is 0 Å². The van der Waals surface area contributed by atoms with Crippen molar-refractivity contribution in [3.05, 3.63) is 59.2 Å². The predicted octanol–water partition coefficient (Wildman–Crippen LogP) is 5.72. The Labute approximate surface area is 222 Å². The van der Waals surface area contributed by atoms with Gasteiger partial charge >= 0.3 is 12.2 Å². The molecule has 3 aliphatic rings. The largest absolute Gasteiger partial charge is 0.416 e. The van der Waals surface area contributed by atoms with E-state index >= 15 is 0 Å². The molecule has 9 heteroatoms. The number of anilines is 2. The third-order valence-electron chi connectivity index (χ3n) is 8.33. The van der Waals surface area contributed by atoms with Crippen LogP contribution >= 0.6 is 0 Å². The number of nitrogens with zero attached hydrogens (tertiary/aromatic N) is 3. The molecule has 0 unspecified atom stereocenters. The Morgan fingerprint density at radius 2 is 1.66 bits per heavy atom. The molecule has 0 aromatic heterocycles. The summed E-state index contributed by atoms with van der Waals surface area (Å²) in [6.45, 7) is 11.1. The molecule has 0 saturated carbocycles. The summed E-state index contributed by atoms with van der Waals surface area (Å²) < 4.78 is 44.2. The summed E-state index contributed by atoms with van der Waals surface area (Å²) in [7, 11) is 0. The summed E-state index contributed by atoms with van der Waals surface area (Å²) in [5.41, 5.74) is 3.08. The van der Waals surface area contributed by atoms with Gasteiger partial charge in [-0.05, 0) is 72.2 Å². The number of hydrogen-bond acceptors (Lipinski definition) is 4. The number of hydrogen-bond donors (Lipinski definition) is 1. The molecule has 206 valence electrons. The van der Waals surface area contributed by atoms with Crippen LogP contribution in [0.3, 0.4) is 0 Å². The van der Waals surface area contributed by atoms with Crippen LogP contribution in [0.2, 0.25) is 0 Å². The molecule has 1 N–H and O–H groups in total. The average Bonchev–Trinajstić information content (AvgIpc) is 3.04. The Kier molecular flexibility index (Phi) is 7.60. The number of alkyl halides is 3. The van der Waals surface area contributed by atoms with Crippen LogP contribution in [0.25, 0.3) is 0 Å². The van der Waals surface area contributed by atoms with E-state index in [1.807, 2.05) is 0 Å². The molecule has 0 atom stereocenters. The highest BCUT2D eigenvalue weighted by atomic mass is 19.4. The SMILES string of the molecule is CC1(C)CCN(C(=O)Nc2ccc(C(F)(F)F)cc2)Cc2cc(N3CCC(N4CCOCC4)CC3)ccc21. The van der Waals surface area contributed by atoms with E-state index in [9.17, 15) is 18.0 Å². The van der Waals surface area contributed by atoms with Gasteiger partial charge in [0.15, 0.2) is 0 Å². The van der Waals surface area contributed by atoms with Gasteiger partial charge in [-0.2, -0.15) is 13.2 Å². The van der Waals surface area contributed by atoms with Crippen LogP contribution in [0.15, 0.2) is 42.5 Å². The Morgan fingerprint density at radius 3 is 2.32 bits per heavy atom. The van der Waals surface area contributed by atoms with Gasteiger partial charge in [-0.15, -0.1) is 0 Å². The van der Waals surface area contributed by atoms with Crippen molar-refractivity contribution in [1.82, 2.24) is 9.80 Å². The van der Waals surface area contributed by atoms with Crippen molar-refractivity contribution >= 4 is 17.4 Å². The number of morpholine rings is 1. The van der Waals surface area contributed by atoms with E-state index in [2.05, 4.69) is 47.2 Å². The van der Waals surface area contributed by atoms with E-state index < -0.39 is 11.7 Å². The predicted molar refractivity (Wildman–Crippen MR) is 143 cm³/mol. The summed E-state index contributed by atoms with van der Waals surface area (Å²) in [4.78, 5) is 19.9. The Hall–Kier alpha value is -2.78. The maximum absolute atomic E-state index is 13.2. The van der Waals surface area contributed by atoms with Crippen LogP contribution in [0, 0.1) is 0 Å². The van der Waals surface area contributed by atoms with E-state index in [-0.39, 0.29) is 11.4 Å². The second-order valence-electron chi connectivity index (χ2n) is 11.3. The van der Waals surface area contributed by atoms with E-state index in [0.717, 1.165) is 76.4 Å². The first kappa shape index (κ1) is 26.8. The Bertz CT molecular complexity index is 1120. The van der Waals surface area contributed by atoms with E-state index in [1.165, 1.54) is 23.4 Å². The molecule has 2 aromatic rings. The molecule has 0 bridgehead atoms. The minimum absolute atomic E-state index is 0.0966. The molecule has 2 fully saturated rings. The van der Waals surface area contributed by atoms with Crippen molar-refractivity contribution in [3.63, 3.8) is 0 Å². The molecule has 6 nitrogen and oxygen atoms in total. The van der Waals surface area contributed by atoms with Gasteiger partial charge in [-0.25, -0.2) is 4.79 Å². The minimum Gasteiger partial charge on any atom is -0.379 e. The molecular weight excluding hydrogens is 493 g/mol. The third kappa shape index (κ3) is 5.94. The number of carbonyl (C=O) groups excluding carboxylic acids is 1. The zero-order chi connectivity index (χ0) is 26.9. The third-order valence-corrected chi connectivity index (χ3v) is 8.33. The van der Waals surface area contributed by atoms with E-state index in [1.54, 1.807) is 4.90 Å². The number of ether oxygens (including phenoxy) is 1. The smallest absolute Gasteiger partial charge is 0.379 e. The zero-order valence-corrected chi connectivity index (χ0v) is 22.2. The Balaban J connectivity index is 1.27. The number of piperidine rings is 1. The molecule has 2 aromatic carbocycles. The fourth-order valence-electron chi connectivity index (χ4n) is 5.95. The quantitative estimate of drug-likeness (QED) is 0.551. The van der Waals surface area contributed by atoms with Gasteiger partial charge in [-0.1, -0.05) is 19.9 Å². The fourth-order valence-corrected chi connectivity index (χ4v) is 5.95. The number of urea groups is 1. The van der Waals surface area contributed by atoms with Crippen molar-refractivity contribution in [3.8, 4) is 0 Å². The van der Waals surface area contributed by atoms with Crippen LogP contribution in [0.4, 0.5) is 29.3 Å². The van der Waals surface area contributed by atoms with Crippen molar-refractivity contribution in [2.45, 2.75) is 57.3 Å². The molecule has 3 heterocycles. The van der Waals surface area contributed by atoms with Crippen LogP contribution < -0.4 is 10.2 Å². The van der Waals surface area contributed by atoms with Crippen LogP contribution in [-0.4, -0.2) is 67.8 Å². The lowest BCUT2D eigenvalue weighted by Gasteiger charge is -2.41. The molecular formula is C29H37F3N4O2. The van der Waals surface area contributed by atoms with Crippen molar-refractivity contribution in [1.29, 1.82) is 0 Å². The molecule has 5 rings (SSSR count). The first-order valence-electron chi connectivity index (χ1n) is 13.5. The summed E-state index contributed by atoms with van der Waals surface area (Å²) >= 11 is 0. The number of nitrogens with one attached hydrogen (secondary N) is 1. The fraction of sp³-hybridized carbons (Fsp3) is 0.552. The summed E-state index contributed by atoms with van der Waals surface area (Å²) in [5.74, 6) is 0. The maximum atomic E-state index is 13.2. The highest BCUT2D eigenvalue weighted by Gasteiger charge is 2.33. The lowest BCUT2D eigenvalue weighted by Crippen LogP contribution is -2.49. The van der Waals surface area contributed by atoms with Gasteiger partial charge in [0.25, 0.3) is 0 Å². The van der Waals surface area contributed by atoms with Crippen molar-refractivity contribution < 1.29 is 22.7 Å². The zero-order valence-electron chi connectivity index (χ0n) is 22.2. The monoisotopic (exact) mass is 530 g/mol. The van der Waals surface area contributed by atoms with E-state index in [4.69, 9.17) is 4.74 Å². The second kappa shape index (κ2) is 10.8. The Morgan fingerprint density at radius 1 is 0.974 bits per heavy atom. The minimum atomic E-state index is -4.40. The van der Waals surface area contributed by atoms with Gasteiger partial charge in [0, 0.05) is 56.7 Å². The number of carbonyl (C=O) groups is 1. The van der Waals surface area contributed by atoms with Gasteiger partial charge in [0.2, 0.25) is 0 Å². The standard InChI is InChI=1S/C29H37F3N4O2/c1-28(2)11-14-36(27(37)33-23-5-3-22(4-6-23)29(30,31)32)20-21-19-25(7-8-26(21)28)34-12-9-24(10-13-34)35-15-17-38-18-16-35/h3-8,19,24H,9-18,20H2,1-2H3,(H,33,37). The maximum Gasteiger partial charge on any atom is 0.416 e. The molecule has 38 heavy (non-hydrogen) atoms. The summed E-state index contributed by atoms with van der Waals surface area (Å²) in [6, 6.07) is 11.6. The van der Waals surface area contributed by atoms with Crippen LogP contribution in [0.1, 0.15) is 49.8 Å². The number of benzene rings is 2. The lowest BCUT2D eigenvalue weighted by molar-refractivity contribution is -0.137. The first-order valence-corrected chi connectivity index (χ1v) is 13.5. The van der Waals surface area contributed by atoms with Crippen molar-refractivity contribution in [2.75, 3.05) is 56.2 Å². The van der Waals surface area contributed by atoms with Gasteiger partial charge in [0.05, 0.1) is 18.8 Å². The highest BCUT2D eigenvalue weighted by Crippen LogP contribution is 2.37. The highest BCUT2D eigenvalue weighted by molar-refractivity contribution is 5.89. The van der Waals surface area contributed by atoms with Gasteiger partial charge in [0.1, 0.15) is 0 Å². The molecule has 2 saturated heterocycles. The topological polar surface area (TPSA) is 48.1 Å².